The summed E-state index contributed by atoms with van der Waals surface area (Å²) >= 11 is 0. The first-order valence-corrected chi connectivity index (χ1v) is 15.0. The molecule has 10 nitrogen and oxygen atoms in total. The number of benzene rings is 1. The molecule has 0 spiro atoms. The SMILES string of the molecule is Cc1cc(C2CC2)cnc1N1CCN(C(=O)c2ccc(N3CCCS3(=O)=O)cc2N2CCN(C)C2=O)CC1. The van der Waals surface area contributed by atoms with E-state index in [0.29, 0.717) is 75.1 Å². The summed E-state index contributed by atoms with van der Waals surface area (Å²) < 4.78 is 26.5. The Bertz CT molecular complexity index is 1380. The fraction of sp³-hybridized carbons (Fsp3) is 0.519. The molecule has 0 atom stereocenters. The smallest absolute Gasteiger partial charge is 0.324 e. The zero-order chi connectivity index (χ0) is 26.6. The van der Waals surface area contributed by atoms with Crippen molar-refractivity contribution in [3.8, 4) is 0 Å². The second kappa shape index (κ2) is 9.44. The number of nitrogens with zero attached hydrogens (tertiary/aromatic N) is 6. The van der Waals surface area contributed by atoms with Gasteiger partial charge in [0.25, 0.3) is 5.91 Å². The highest BCUT2D eigenvalue weighted by Gasteiger charge is 2.35. The van der Waals surface area contributed by atoms with Crippen LogP contribution in [0.4, 0.5) is 22.0 Å². The van der Waals surface area contributed by atoms with E-state index < -0.39 is 10.0 Å². The second-order valence-corrected chi connectivity index (χ2v) is 12.8. The largest absolute Gasteiger partial charge is 0.353 e. The van der Waals surface area contributed by atoms with Gasteiger partial charge in [0.1, 0.15) is 5.82 Å². The van der Waals surface area contributed by atoms with E-state index in [-0.39, 0.29) is 17.7 Å². The molecule has 4 heterocycles. The Labute approximate surface area is 223 Å². The van der Waals surface area contributed by atoms with Crippen LogP contribution in [0, 0.1) is 6.92 Å². The van der Waals surface area contributed by atoms with Gasteiger partial charge in [-0.2, -0.15) is 0 Å². The van der Waals surface area contributed by atoms with Crippen LogP contribution in [0.15, 0.2) is 30.5 Å². The van der Waals surface area contributed by atoms with Gasteiger partial charge in [0.2, 0.25) is 10.0 Å². The van der Waals surface area contributed by atoms with Gasteiger partial charge in [-0.05, 0) is 61.4 Å². The van der Waals surface area contributed by atoms with E-state index in [1.807, 2.05) is 11.1 Å². The van der Waals surface area contributed by atoms with E-state index in [9.17, 15) is 18.0 Å². The van der Waals surface area contributed by atoms with Crippen molar-refractivity contribution >= 4 is 39.2 Å². The summed E-state index contributed by atoms with van der Waals surface area (Å²) in [5.41, 5.74) is 3.88. The number of hydrogen-bond acceptors (Lipinski definition) is 6. The Hall–Kier alpha value is -3.34. The second-order valence-electron chi connectivity index (χ2n) is 10.8. The van der Waals surface area contributed by atoms with Crippen LogP contribution >= 0.6 is 0 Å². The minimum absolute atomic E-state index is 0.107. The van der Waals surface area contributed by atoms with Gasteiger partial charge in [-0.1, -0.05) is 6.07 Å². The average molecular weight is 539 g/mol. The maximum absolute atomic E-state index is 13.8. The molecular weight excluding hydrogens is 504 g/mol. The molecule has 1 aliphatic carbocycles. The number of hydrogen-bond donors (Lipinski definition) is 0. The summed E-state index contributed by atoms with van der Waals surface area (Å²) in [5.74, 6) is 1.60. The maximum Gasteiger partial charge on any atom is 0.324 e. The number of pyridine rings is 1. The third kappa shape index (κ3) is 4.46. The first-order chi connectivity index (χ1) is 18.2. The molecular formula is C27H34N6O4S. The molecule has 3 amide bonds. The van der Waals surface area contributed by atoms with E-state index in [1.54, 1.807) is 35.0 Å². The number of carbonyl (C=O) groups is 2. The Balaban J connectivity index is 1.23. The Morgan fingerprint density at radius 1 is 1.00 bits per heavy atom. The van der Waals surface area contributed by atoms with Crippen molar-refractivity contribution in [1.82, 2.24) is 14.8 Å². The third-order valence-electron chi connectivity index (χ3n) is 8.09. The van der Waals surface area contributed by atoms with Crippen molar-refractivity contribution in [3.05, 3.63) is 47.2 Å². The van der Waals surface area contributed by atoms with Gasteiger partial charge in [0.05, 0.1) is 22.7 Å². The van der Waals surface area contributed by atoms with Crippen LogP contribution in [0.25, 0.3) is 0 Å². The molecule has 11 heteroatoms. The summed E-state index contributed by atoms with van der Waals surface area (Å²) in [6, 6.07) is 7.12. The van der Waals surface area contributed by atoms with Gasteiger partial charge in [0.15, 0.2) is 0 Å². The van der Waals surface area contributed by atoms with Crippen LogP contribution in [0.2, 0.25) is 0 Å². The van der Waals surface area contributed by atoms with Gasteiger partial charge in [0, 0.05) is 59.1 Å². The number of aryl methyl sites for hydroxylation is 1. The lowest BCUT2D eigenvalue weighted by Gasteiger charge is -2.36. The first kappa shape index (κ1) is 25.0. The monoisotopic (exact) mass is 538 g/mol. The average Bonchev–Trinajstić information content (AvgIpc) is 3.63. The number of anilines is 3. The molecule has 2 aromatic rings. The van der Waals surface area contributed by atoms with Gasteiger partial charge in [-0.25, -0.2) is 18.2 Å². The van der Waals surface area contributed by atoms with Crippen LogP contribution in [-0.2, 0) is 10.0 Å². The number of amides is 3. The molecule has 202 valence electrons. The highest BCUT2D eigenvalue weighted by atomic mass is 32.2. The number of urea groups is 1. The molecule has 0 N–H and O–H groups in total. The lowest BCUT2D eigenvalue weighted by Crippen LogP contribution is -2.49. The predicted molar refractivity (Wildman–Crippen MR) is 147 cm³/mol. The highest BCUT2D eigenvalue weighted by Crippen LogP contribution is 2.40. The lowest BCUT2D eigenvalue weighted by atomic mass is 10.1. The van der Waals surface area contributed by atoms with Crippen molar-refractivity contribution in [1.29, 1.82) is 0 Å². The van der Waals surface area contributed by atoms with Crippen LogP contribution in [0.5, 0.6) is 0 Å². The predicted octanol–water partition coefficient (Wildman–Crippen LogP) is 2.64. The maximum atomic E-state index is 13.8. The molecule has 4 fully saturated rings. The molecule has 1 saturated carbocycles. The number of likely N-dealkylation sites (N-methyl/N-ethyl adjacent to an activating group) is 1. The third-order valence-corrected chi connectivity index (χ3v) is 9.96. The standard InChI is InChI=1S/C27H34N6O4S/c1-19-16-21(20-4-5-20)18-28-25(19)30-10-12-31(13-11-30)26(34)23-7-6-22(33-8-3-15-38(33,36)37)17-24(23)32-14-9-29(2)27(32)35/h6-7,16-18,20H,3-5,8-15H2,1-2H3. The topological polar surface area (TPSA) is 97.4 Å². The molecule has 6 rings (SSSR count). The van der Waals surface area contributed by atoms with Crippen LogP contribution < -0.4 is 14.1 Å². The molecule has 0 unspecified atom stereocenters. The lowest BCUT2D eigenvalue weighted by molar-refractivity contribution is 0.0747. The molecule has 38 heavy (non-hydrogen) atoms. The fourth-order valence-corrected chi connectivity index (χ4v) is 7.29. The van der Waals surface area contributed by atoms with E-state index in [0.717, 1.165) is 5.82 Å². The van der Waals surface area contributed by atoms with Crippen LogP contribution in [0.1, 0.15) is 46.7 Å². The molecule has 0 radical (unpaired) electrons. The number of aromatic nitrogens is 1. The summed E-state index contributed by atoms with van der Waals surface area (Å²) in [5, 5.41) is 0. The van der Waals surface area contributed by atoms with E-state index >= 15 is 0 Å². The zero-order valence-corrected chi connectivity index (χ0v) is 22.8. The van der Waals surface area contributed by atoms with Crippen LogP contribution in [0.3, 0.4) is 0 Å². The molecule has 1 aromatic heterocycles. The zero-order valence-electron chi connectivity index (χ0n) is 22.0. The normalized spacial score (nSPS) is 21.5. The van der Waals surface area contributed by atoms with Crippen LogP contribution in [-0.4, -0.2) is 93.8 Å². The van der Waals surface area contributed by atoms with Crippen molar-refractivity contribution < 1.29 is 18.0 Å². The minimum Gasteiger partial charge on any atom is -0.353 e. The minimum atomic E-state index is -3.39. The van der Waals surface area contributed by atoms with Crippen molar-refractivity contribution in [2.45, 2.75) is 32.1 Å². The summed E-state index contributed by atoms with van der Waals surface area (Å²) in [6.07, 6.45) is 5.05. The summed E-state index contributed by atoms with van der Waals surface area (Å²) in [4.78, 5) is 38.7. The molecule has 4 aliphatic rings. The van der Waals surface area contributed by atoms with Crippen molar-refractivity contribution in [2.24, 2.45) is 0 Å². The van der Waals surface area contributed by atoms with Gasteiger partial charge >= 0.3 is 6.03 Å². The Morgan fingerprint density at radius 3 is 2.37 bits per heavy atom. The molecule has 1 aromatic carbocycles. The molecule has 3 aliphatic heterocycles. The van der Waals surface area contributed by atoms with Gasteiger partial charge in [-0.3, -0.25) is 14.0 Å². The number of carbonyl (C=O) groups excluding carboxylic acids is 2. The van der Waals surface area contributed by atoms with E-state index in [2.05, 4.69) is 17.9 Å². The number of sulfonamides is 1. The summed E-state index contributed by atoms with van der Waals surface area (Å²) in [7, 11) is -1.66. The van der Waals surface area contributed by atoms with E-state index in [4.69, 9.17) is 4.98 Å². The van der Waals surface area contributed by atoms with E-state index in [1.165, 1.54) is 28.3 Å². The van der Waals surface area contributed by atoms with Gasteiger partial charge < -0.3 is 14.7 Å². The van der Waals surface area contributed by atoms with Crippen molar-refractivity contribution in [3.63, 3.8) is 0 Å². The Kier molecular flexibility index (Phi) is 6.20. The fourth-order valence-electron chi connectivity index (χ4n) is 5.73. The van der Waals surface area contributed by atoms with Crippen molar-refractivity contribution in [2.75, 3.05) is 72.7 Å². The molecule has 0 bridgehead atoms. The highest BCUT2D eigenvalue weighted by molar-refractivity contribution is 7.93. The Morgan fingerprint density at radius 2 is 1.76 bits per heavy atom. The number of rotatable bonds is 5. The number of piperazine rings is 1. The quantitative estimate of drug-likeness (QED) is 0.581. The first-order valence-electron chi connectivity index (χ1n) is 13.4. The summed E-state index contributed by atoms with van der Waals surface area (Å²) in [6.45, 7) is 5.93. The van der Waals surface area contributed by atoms with Gasteiger partial charge in [-0.15, -0.1) is 0 Å². The molecule has 3 saturated heterocycles.